The lowest BCUT2D eigenvalue weighted by atomic mass is 9.73. The summed E-state index contributed by atoms with van der Waals surface area (Å²) < 4.78 is 5.01. The second-order valence-corrected chi connectivity index (χ2v) is 7.00. The Balaban J connectivity index is 2.45. The van der Waals surface area contributed by atoms with Crippen LogP contribution in [0.5, 0.6) is 0 Å². The maximum Gasteiger partial charge on any atom is 0.372 e. The molecule has 0 atom stereocenters. The van der Waals surface area contributed by atoms with Gasteiger partial charge in [0.05, 0.1) is 0 Å². The SMILES string of the molecule is CC1(C)CC(c2cc(C(=O)O)oc2C(=O)O)CC(C)(C)N1. The summed E-state index contributed by atoms with van der Waals surface area (Å²) in [5.41, 5.74) is 0.147. The zero-order valence-electron chi connectivity index (χ0n) is 12.7. The molecular weight excluding hydrogens is 274 g/mol. The predicted molar refractivity (Wildman–Crippen MR) is 75.9 cm³/mol. The molecule has 1 aromatic rings. The summed E-state index contributed by atoms with van der Waals surface area (Å²) in [7, 11) is 0. The quantitative estimate of drug-likeness (QED) is 0.792. The molecule has 116 valence electrons. The van der Waals surface area contributed by atoms with Gasteiger partial charge in [-0.25, -0.2) is 9.59 Å². The van der Waals surface area contributed by atoms with Gasteiger partial charge in [-0.15, -0.1) is 0 Å². The Labute approximate surface area is 123 Å². The van der Waals surface area contributed by atoms with Crippen LogP contribution in [0.15, 0.2) is 10.5 Å². The van der Waals surface area contributed by atoms with E-state index in [1.807, 2.05) is 0 Å². The van der Waals surface area contributed by atoms with Gasteiger partial charge >= 0.3 is 11.9 Å². The molecule has 1 aromatic heterocycles. The van der Waals surface area contributed by atoms with E-state index in [2.05, 4.69) is 33.0 Å². The molecule has 0 spiro atoms. The second-order valence-electron chi connectivity index (χ2n) is 7.00. The first-order valence-corrected chi connectivity index (χ1v) is 6.90. The molecule has 0 radical (unpaired) electrons. The highest BCUT2D eigenvalue weighted by atomic mass is 16.4. The molecular formula is C15H21NO5. The molecule has 1 fully saturated rings. The third-order valence-electron chi connectivity index (χ3n) is 3.80. The van der Waals surface area contributed by atoms with Crippen LogP contribution in [0.2, 0.25) is 0 Å². The lowest BCUT2D eigenvalue weighted by molar-refractivity contribution is 0.0628. The van der Waals surface area contributed by atoms with Gasteiger partial charge in [0.2, 0.25) is 11.5 Å². The zero-order valence-corrected chi connectivity index (χ0v) is 12.7. The van der Waals surface area contributed by atoms with Gasteiger partial charge in [-0.2, -0.15) is 0 Å². The first-order valence-electron chi connectivity index (χ1n) is 6.90. The molecule has 0 amide bonds. The van der Waals surface area contributed by atoms with Crippen molar-refractivity contribution >= 4 is 11.9 Å². The monoisotopic (exact) mass is 295 g/mol. The summed E-state index contributed by atoms with van der Waals surface area (Å²) >= 11 is 0. The second kappa shape index (κ2) is 4.87. The van der Waals surface area contributed by atoms with Crippen LogP contribution in [0.1, 0.15) is 73.1 Å². The van der Waals surface area contributed by atoms with Crippen LogP contribution < -0.4 is 5.32 Å². The number of nitrogens with one attached hydrogen (secondary N) is 1. The van der Waals surface area contributed by atoms with Crippen molar-refractivity contribution in [2.24, 2.45) is 0 Å². The Kier molecular flexibility index (Phi) is 3.61. The summed E-state index contributed by atoms with van der Waals surface area (Å²) in [6.07, 6.45) is 1.44. The van der Waals surface area contributed by atoms with Crippen molar-refractivity contribution in [3.63, 3.8) is 0 Å². The van der Waals surface area contributed by atoms with Gasteiger partial charge in [-0.3, -0.25) is 0 Å². The smallest absolute Gasteiger partial charge is 0.372 e. The lowest BCUT2D eigenvalue weighted by Gasteiger charge is -2.46. The van der Waals surface area contributed by atoms with Gasteiger partial charge in [0, 0.05) is 16.6 Å². The largest absolute Gasteiger partial charge is 0.475 e. The topological polar surface area (TPSA) is 99.8 Å². The normalized spacial score (nSPS) is 21.1. The van der Waals surface area contributed by atoms with Crippen LogP contribution in [0.4, 0.5) is 0 Å². The van der Waals surface area contributed by atoms with E-state index in [-0.39, 0.29) is 28.5 Å². The molecule has 2 rings (SSSR count). The van der Waals surface area contributed by atoms with Crippen LogP contribution >= 0.6 is 0 Å². The first-order chi connectivity index (χ1) is 9.51. The number of carboxylic acids is 2. The molecule has 1 saturated heterocycles. The van der Waals surface area contributed by atoms with Crippen LogP contribution in [0, 0.1) is 0 Å². The molecule has 0 unspecified atom stereocenters. The molecule has 0 aromatic carbocycles. The number of aromatic carboxylic acids is 2. The van der Waals surface area contributed by atoms with Crippen molar-refractivity contribution in [2.45, 2.75) is 57.5 Å². The highest BCUT2D eigenvalue weighted by Crippen LogP contribution is 2.41. The van der Waals surface area contributed by atoms with Crippen LogP contribution in [0.25, 0.3) is 0 Å². The fourth-order valence-corrected chi connectivity index (χ4v) is 3.52. The standard InChI is InChI=1S/C15H21NO5/c1-14(2)6-8(7-15(3,4)16-14)9-5-10(12(17)18)21-11(9)13(19)20/h5,8,16H,6-7H2,1-4H3,(H,17,18)(H,19,20). The molecule has 1 aliphatic rings. The van der Waals surface area contributed by atoms with Gasteiger partial charge in [-0.05, 0) is 52.5 Å². The maximum atomic E-state index is 11.3. The number of rotatable bonds is 3. The zero-order chi connectivity index (χ0) is 16.0. The average Bonchev–Trinajstić information content (AvgIpc) is 2.69. The van der Waals surface area contributed by atoms with E-state index in [9.17, 15) is 14.7 Å². The average molecular weight is 295 g/mol. The Morgan fingerprint density at radius 3 is 2.10 bits per heavy atom. The van der Waals surface area contributed by atoms with Gasteiger partial charge in [0.25, 0.3) is 0 Å². The van der Waals surface area contributed by atoms with E-state index in [4.69, 9.17) is 9.52 Å². The summed E-state index contributed by atoms with van der Waals surface area (Å²) in [5.74, 6) is -3.12. The van der Waals surface area contributed by atoms with E-state index in [0.29, 0.717) is 5.56 Å². The molecule has 3 N–H and O–H groups in total. The van der Waals surface area contributed by atoms with E-state index in [1.165, 1.54) is 6.07 Å². The fourth-order valence-electron chi connectivity index (χ4n) is 3.52. The van der Waals surface area contributed by atoms with Crippen molar-refractivity contribution in [3.05, 3.63) is 23.2 Å². The first kappa shape index (κ1) is 15.6. The van der Waals surface area contributed by atoms with Gasteiger partial charge in [-0.1, -0.05) is 0 Å². The summed E-state index contributed by atoms with van der Waals surface area (Å²) in [4.78, 5) is 22.3. The van der Waals surface area contributed by atoms with E-state index in [0.717, 1.165) is 12.8 Å². The summed E-state index contributed by atoms with van der Waals surface area (Å²) in [5, 5.41) is 21.8. The van der Waals surface area contributed by atoms with Crippen LogP contribution in [-0.2, 0) is 0 Å². The molecule has 21 heavy (non-hydrogen) atoms. The minimum absolute atomic E-state index is 0.0563. The van der Waals surface area contributed by atoms with Crippen molar-refractivity contribution in [3.8, 4) is 0 Å². The Morgan fingerprint density at radius 1 is 1.14 bits per heavy atom. The molecule has 6 heteroatoms. The number of carboxylic acid groups (broad SMARTS) is 2. The van der Waals surface area contributed by atoms with E-state index in [1.54, 1.807) is 0 Å². The fraction of sp³-hybridized carbons (Fsp3) is 0.600. The number of furan rings is 1. The maximum absolute atomic E-state index is 11.3. The van der Waals surface area contributed by atoms with Crippen LogP contribution in [-0.4, -0.2) is 33.2 Å². The third-order valence-corrected chi connectivity index (χ3v) is 3.80. The lowest BCUT2D eigenvalue weighted by Crippen LogP contribution is -2.57. The van der Waals surface area contributed by atoms with Crippen molar-refractivity contribution in [2.75, 3.05) is 0 Å². The Bertz CT molecular complexity index is 569. The predicted octanol–water partition coefficient (Wildman–Crippen LogP) is 2.70. The molecule has 6 nitrogen and oxygen atoms in total. The molecule has 1 aliphatic heterocycles. The highest BCUT2D eigenvalue weighted by molar-refractivity contribution is 5.90. The molecule has 2 heterocycles. The summed E-state index contributed by atoms with van der Waals surface area (Å²) in [6.45, 7) is 8.22. The van der Waals surface area contributed by atoms with Crippen molar-refractivity contribution in [1.82, 2.24) is 5.32 Å². The van der Waals surface area contributed by atoms with Crippen molar-refractivity contribution in [1.29, 1.82) is 0 Å². The Morgan fingerprint density at radius 2 is 1.67 bits per heavy atom. The highest BCUT2D eigenvalue weighted by Gasteiger charge is 2.40. The number of carbonyl (C=O) groups is 2. The number of hydrogen-bond acceptors (Lipinski definition) is 4. The van der Waals surface area contributed by atoms with Gasteiger partial charge in [0.1, 0.15) is 0 Å². The molecule has 0 aliphatic carbocycles. The Hall–Kier alpha value is -1.82. The number of hydrogen-bond donors (Lipinski definition) is 3. The minimum Gasteiger partial charge on any atom is -0.475 e. The van der Waals surface area contributed by atoms with Crippen molar-refractivity contribution < 1.29 is 24.2 Å². The van der Waals surface area contributed by atoms with E-state index >= 15 is 0 Å². The van der Waals surface area contributed by atoms with Crippen LogP contribution in [0.3, 0.4) is 0 Å². The minimum atomic E-state index is -1.25. The third kappa shape index (κ3) is 3.26. The van der Waals surface area contributed by atoms with Gasteiger partial charge in [0.15, 0.2) is 0 Å². The number of piperidine rings is 1. The van der Waals surface area contributed by atoms with E-state index < -0.39 is 11.9 Å². The summed E-state index contributed by atoms with van der Waals surface area (Å²) in [6, 6.07) is 1.36. The molecule has 0 bridgehead atoms. The molecule has 0 saturated carbocycles. The van der Waals surface area contributed by atoms with Gasteiger partial charge < -0.3 is 19.9 Å².